The zero-order valence-electron chi connectivity index (χ0n) is 21.1. The summed E-state index contributed by atoms with van der Waals surface area (Å²) in [5, 5.41) is 0. The second-order valence-corrected chi connectivity index (χ2v) is 8.61. The average Bonchev–Trinajstić information content (AvgIpc) is 2.95. The van der Waals surface area contributed by atoms with Gasteiger partial charge in [-0.1, -0.05) is 31.2 Å². The van der Waals surface area contributed by atoms with Crippen LogP contribution in [0.4, 0.5) is 14.5 Å². The molecule has 2 heterocycles. The number of aromatic nitrogens is 4. The lowest BCUT2D eigenvalue weighted by Crippen LogP contribution is -2.51. The maximum atomic E-state index is 13.8. The van der Waals surface area contributed by atoms with Crippen LogP contribution in [-0.4, -0.2) is 32.2 Å². The van der Waals surface area contributed by atoms with Gasteiger partial charge in [0.15, 0.2) is 5.82 Å². The molecule has 4 aromatic rings. The average molecular weight is 538 g/mol. The fourth-order valence-electron chi connectivity index (χ4n) is 3.68. The molecule has 0 saturated carbocycles. The molecule has 0 saturated heterocycles. The normalized spacial score (nSPS) is 12.3. The summed E-state index contributed by atoms with van der Waals surface area (Å²) < 4.78 is 39.1. The Kier molecular flexibility index (Phi) is 8.44. The van der Waals surface area contributed by atoms with Crippen molar-refractivity contribution in [3.63, 3.8) is 0 Å². The molecule has 202 valence electrons. The number of H-pyrrole nitrogens is 1. The van der Waals surface area contributed by atoms with Crippen LogP contribution in [0.3, 0.4) is 0 Å². The van der Waals surface area contributed by atoms with Crippen LogP contribution in [0.5, 0.6) is 11.6 Å². The molecule has 10 nitrogen and oxygen atoms in total. The SMILES string of the molecule is COC(=O)[C@@H](C)Cn1c(=O)[nH]/c(=N\c2ccc(Oc3ncccc3F)cc2)n(Cc2ccc(CF)cc2)c1=O. The van der Waals surface area contributed by atoms with Crippen molar-refractivity contribution < 1.29 is 23.0 Å². The highest BCUT2D eigenvalue weighted by Crippen LogP contribution is 2.24. The Hall–Kier alpha value is -4.87. The van der Waals surface area contributed by atoms with E-state index in [1.807, 2.05) is 0 Å². The van der Waals surface area contributed by atoms with Crippen LogP contribution in [0.1, 0.15) is 18.1 Å². The van der Waals surface area contributed by atoms with Crippen molar-refractivity contribution in [2.24, 2.45) is 10.9 Å². The molecule has 0 amide bonds. The van der Waals surface area contributed by atoms with Gasteiger partial charge in [-0.25, -0.2) is 32.9 Å². The van der Waals surface area contributed by atoms with Crippen molar-refractivity contribution in [1.29, 1.82) is 0 Å². The van der Waals surface area contributed by atoms with Crippen LogP contribution in [0.2, 0.25) is 0 Å². The number of carbonyl (C=O) groups is 1. The molecule has 0 fully saturated rings. The molecule has 2 aromatic carbocycles. The second kappa shape index (κ2) is 12.1. The molecule has 4 rings (SSSR count). The largest absolute Gasteiger partial charge is 0.469 e. The van der Waals surface area contributed by atoms with Crippen LogP contribution in [0, 0.1) is 11.7 Å². The predicted octanol–water partition coefficient (Wildman–Crippen LogP) is 3.22. The minimum Gasteiger partial charge on any atom is -0.469 e. The lowest BCUT2D eigenvalue weighted by molar-refractivity contribution is -0.145. The number of ether oxygens (including phenoxy) is 2. The highest BCUT2D eigenvalue weighted by atomic mass is 19.1. The van der Waals surface area contributed by atoms with E-state index in [4.69, 9.17) is 9.47 Å². The van der Waals surface area contributed by atoms with Gasteiger partial charge < -0.3 is 9.47 Å². The number of pyridine rings is 1. The number of benzene rings is 2. The zero-order valence-corrected chi connectivity index (χ0v) is 21.1. The molecule has 0 aliphatic heterocycles. The van der Waals surface area contributed by atoms with E-state index in [0.29, 0.717) is 22.6 Å². The summed E-state index contributed by atoms with van der Waals surface area (Å²) in [6.07, 6.45) is 1.40. The number of nitrogens with zero attached hydrogens (tertiary/aromatic N) is 4. The summed E-state index contributed by atoms with van der Waals surface area (Å²) in [4.78, 5) is 49.1. The molecule has 1 atom stereocenters. The van der Waals surface area contributed by atoms with E-state index in [2.05, 4.69) is 15.0 Å². The third kappa shape index (κ3) is 6.53. The Morgan fingerprint density at radius 2 is 1.74 bits per heavy atom. The fraction of sp³-hybridized carbons (Fsp3) is 0.222. The van der Waals surface area contributed by atoms with Crippen LogP contribution in [-0.2, 0) is 29.3 Å². The van der Waals surface area contributed by atoms with Gasteiger partial charge in [-0.2, -0.15) is 0 Å². The molecule has 0 radical (unpaired) electrons. The van der Waals surface area contributed by atoms with Gasteiger partial charge in [-0.3, -0.25) is 14.3 Å². The Morgan fingerprint density at radius 3 is 2.38 bits per heavy atom. The van der Waals surface area contributed by atoms with Crippen molar-refractivity contribution in [1.82, 2.24) is 19.1 Å². The number of nitrogens with one attached hydrogen (secondary N) is 1. The van der Waals surface area contributed by atoms with Crippen molar-refractivity contribution in [2.75, 3.05) is 7.11 Å². The molecule has 1 N–H and O–H groups in total. The smallest absolute Gasteiger partial charge is 0.335 e. The molecule has 2 aromatic heterocycles. The number of esters is 1. The minimum atomic E-state index is -0.760. The van der Waals surface area contributed by atoms with E-state index in [-0.39, 0.29) is 24.6 Å². The molecule has 0 bridgehead atoms. The maximum Gasteiger partial charge on any atom is 0.335 e. The lowest BCUT2D eigenvalue weighted by Gasteiger charge is -2.14. The van der Waals surface area contributed by atoms with Crippen LogP contribution < -0.4 is 21.7 Å². The maximum absolute atomic E-state index is 13.8. The molecule has 0 aliphatic carbocycles. The second-order valence-electron chi connectivity index (χ2n) is 8.61. The van der Waals surface area contributed by atoms with Gasteiger partial charge in [0.05, 0.1) is 25.3 Å². The molecule has 0 spiro atoms. The van der Waals surface area contributed by atoms with E-state index < -0.39 is 35.8 Å². The van der Waals surface area contributed by atoms with E-state index in [9.17, 15) is 23.2 Å². The molecular formula is C27H25F2N5O5. The van der Waals surface area contributed by atoms with Crippen molar-refractivity contribution in [2.45, 2.75) is 26.7 Å². The first kappa shape index (κ1) is 27.2. The molecule has 39 heavy (non-hydrogen) atoms. The minimum absolute atomic E-state index is 0.00770. The lowest BCUT2D eigenvalue weighted by atomic mass is 10.1. The number of hydrogen-bond donors (Lipinski definition) is 1. The Bertz CT molecular complexity index is 1640. The highest BCUT2D eigenvalue weighted by molar-refractivity contribution is 5.71. The third-order valence-electron chi connectivity index (χ3n) is 5.77. The van der Waals surface area contributed by atoms with Gasteiger partial charge in [0.25, 0.3) is 5.88 Å². The first-order valence-electron chi connectivity index (χ1n) is 11.9. The number of methoxy groups -OCH3 is 1. The topological polar surface area (TPSA) is 121 Å². The standard InChI is InChI=1S/C27H25F2N5O5/c1-17(24(35)38-2)15-34-26(36)32-25(33(27(34)37)16-19-7-5-18(14-28)6-8-19)31-20-9-11-21(12-10-20)39-23-22(29)4-3-13-30-23/h3-13,17H,14-16H2,1-2H3,(H,31,32,36)/t17-/m0/s1. The van der Waals surface area contributed by atoms with E-state index in [0.717, 1.165) is 4.57 Å². The summed E-state index contributed by atoms with van der Waals surface area (Å²) >= 11 is 0. The molecule has 0 unspecified atom stereocenters. The van der Waals surface area contributed by atoms with E-state index in [1.54, 1.807) is 36.4 Å². The summed E-state index contributed by atoms with van der Waals surface area (Å²) in [5.74, 6) is -1.84. The van der Waals surface area contributed by atoms with Crippen LogP contribution in [0.15, 0.2) is 81.4 Å². The van der Waals surface area contributed by atoms with Crippen molar-refractivity contribution >= 4 is 11.7 Å². The third-order valence-corrected chi connectivity index (χ3v) is 5.77. The number of rotatable bonds is 9. The first-order valence-corrected chi connectivity index (χ1v) is 11.9. The summed E-state index contributed by atoms with van der Waals surface area (Å²) in [6, 6.07) is 15.4. The van der Waals surface area contributed by atoms with Gasteiger partial charge in [0, 0.05) is 12.7 Å². The summed E-state index contributed by atoms with van der Waals surface area (Å²) in [5.41, 5.74) is -0.0107. The van der Waals surface area contributed by atoms with Crippen molar-refractivity contribution in [3.05, 3.63) is 110 Å². The number of alkyl halides is 1. The van der Waals surface area contributed by atoms with Crippen molar-refractivity contribution in [3.8, 4) is 11.6 Å². The number of hydrogen-bond acceptors (Lipinski definition) is 7. The molecule has 0 aliphatic rings. The monoisotopic (exact) mass is 537 g/mol. The van der Waals surface area contributed by atoms with Crippen LogP contribution in [0.25, 0.3) is 0 Å². The van der Waals surface area contributed by atoms with Gasteiger partial charge in [0.1, 0.15) is 12.4 Å². The highest BCUT2D eigenvalue weighted by Gasteiger charge is 2.18. The quantitative estimate of drug-likeness (QED) is 0.328. The van der Waals surface area contributed by atoms with Crippen LogP contribution >= 0.6 is 0 Å². The number of carbonyl (C=O) groups excluding carboxylic acids is 1. The Labute approximate surface area is 220 Å². The van der Waals surface area contributed by atoms with E-state index in [1.165, 1.54) is 49.1 Å². The van der Waals surface area contributed by atoms with Gasteiger partial charge >= 0.3 is 17.3 Å². The predicted molar refractivity (Wildman–Crippen MR) is 137 cm³/mol. The Balaban J connectivity index is 1.74. The number of halogens is 2. The zero-order chi connectivity index (χ0) is 27.9. The first-order chi connectivity index (χ1) is 18.8. The number of aromatic amines is 1. The summed E-state index contributed by atoms with van der Waals surface area (Å²) in [6.45, 7) is 0.708. The molecular weight excluding hydrogens is 512 g/mol. The fourth-order valence-corrected chi connectivity index (χ4v) is 3.68. The molecule has 12 heteroatoms. The van der Waals surface area contributed by atoms with Gasteiger partial charge in [-0.15, -0.1) is 0 Å². The van der Waals surface area contributed by atoms with Gasteiger partial charge in [-0.05, 0) is 47.5 Å². The van der Waals surface area contributed by atoms with Gasteiger partial charge in [0.2, 0.25) is 5.62 Å². The van der Waals surface area contributed by atoms with E-state index >= 15 is 0 Å². The Morgan fingerprint density at radius 1 is 1.05 bits per heavy atom. The summed E-state index contributed by atoms with van der Waals surface area (Å²) in [7, 11) is 1.22.